The second-order valence-corrected chi connectivity index (χ2v) is 9.05. The molecule has 0 unspecified atom stereocenters. The number of benzene rings is 1. The van der Waals surface area contributed by atoms with Crippen molar-refractivity contribution in [3.05, 3.63) is 51.7 Å². The summed E-state index contributed by atoms with van der Waals surface area (Å²) >= 11 is 1.89. The van der Waals surface area contributed by atoms with Gasteiger partial charge < -0.3 is 9.84 Å². The predicted octanol–water partition coefficient (Wildman–Crippen LogP) is 4.79. The molecule has 26 heavy (non-hydrogen) atoms. The number of aliphatic hydroxyl groups is 1. The smallest absolute Gasteiger partial charge is 0.124 e. The van der Waals surface area contributed by atoms with Crippen LogP contribution in [0.5, 0.6) is 5.75 Å². The molecular formula is C21H28ClNO2S. The molecule has 1 aliphatic carbocycles. The molecule has 2 aromatic rings. The second kappa shape index (κ2) is 8.30. The Labute approximate surface area is 166 Å². The molecule has 2 aliphatic rings. The third kappa shape index (κ3) is 4.25. The van der Waals surface area contributed by atoms with Crippen molar-refractivity contribution in [1.82, 2.24) is 4.90 Å². The molecule has 0 amide bonds. The standard InChI is InChI=1S/C21H27NO2S.ClH/c1-16-6-7-19(25-16)13-22-12-18-4-2-3-5-20(18)24-21(15-22)10-8-17(14-23)9-11-21;/h2-7,17,23H,8-15H2,1H3;1H. The van der Waals surface area contributed by atoms with Crippen molar-refractivity contribution in [1.29, 1.82) is 0 Å². The van der Waals surface area contributed by atoms with Crippen molar-refractivity contribution in [2.75, 3.05) is 13.2 Å². The summed E-state index contributed by atoms with van der Waals surface area (Å²) in [6, 6.07) is 13.0. The van der Waals surface area contributed by atoms with E-state index in [4.69, 9.17) is 4.74 Å². The SMILES string of the molecule is Cc1ccc(CN2Cc3ccccc3OC3(CCC(CO)CC3)C2)s1.Cl. The first-order valence-corrected chi connectivity index (χ1v) is 10.1. The highest BCUT2D eigenvalue weighted by Crippen LogP contribution is 2.40. The monoisotopic (exact) mass is 393 g/mol. The summed E-state index contributed by atoms with van der Waals surface area (Å²) in [6.07, 6.45) is 4.19. The first kappa shape index (κ1) is 19.7. The number of halogens is 1. The highest BCUT2D eigenvalue weighted by Gasteiger charge is 2.40. The van der Waals surface area contributed by atoms with Crippen LogP contribution in [0.3, 0.4) is 0 Å². The van der Waals surface area contributed by atoms with Gasteiger partial charge in [-0.1, -0.05) is 18.2 Å². The molecule has 5 heteroatoms. The molecular weight excluding hydrogens is 366 g/mol. The molecule has 142 valence electrons. The van der Waals surface area contributed by atoms with Crippen LogP contribution in [0.2, 0.25) is 0 Å². The van der Waals surface area contributed by atoms with Gasteiger partial charge in [0.15, 0.2) is 0 Å². The van der Waals surface area contributed by atoms with Crippen LogP contribution in [0.4, 0.5) is 0 Å². The van der Waals surface area contributed by atoms with Gasteiger partial charge in [0.2, 0.25) is 0 Å². The van der Waals surface area contributed by atoms with E-state index in [0.29, 0.717) is 12.5 Å². The number of thiophene rings is 1. The maximum Gasteiger partial charge on any atom is 0.124 e. The summed E-state index contributed by atoms with van der Waals surface area (Å²) in [5.74, 6) is 1.50. The maximum atomic E-state index is 9.49. The summed E-state index contributed by atoms with van der Waals surface area (Å²) in [5.41, 5.74) is 1.18. The van der Waals surface area contributed by atoms with E-state index in [2.05, 4.69) is 48.2 Å². The van der Waals surface area contributed by atoms with E-state index in [9.17, 15) is 5.11 Å². The molecule has 2 heterocycles. The van der Waals surface area contributed by atoms with Crippen molar-refractivity contribution >= 4 is 23.7 Å². The van der Waals surface area contributed by atoms with Gasteiger partial charge in [-0.3, -0.25) is 4.90 Å². The van der Waals surface area contributed by atoms with Crippen LogP contribution < -0.4 is 4.74 Å². The van der Waals surface area contributed by atoms with Gasteiger partial charge in [0.25, 0.3) is 0 Å². The predicted molar refractivity (Wildman–Crippen MR) is 109 cm³/mol. The Hall–Kier alpha value is -1.07. The fourth-order valence-electron chi connectivity index (χ4n) is 4.25. The molecule has 1 aliphatic heterocycles. The summed E-state index contributed by atoms with van der Waals surface area (Å²) in [6.45, 7) is 5.38. The lowest BCUT2D eigenvalue weighted by atomic mass is 9.78. The number of fused-ring (bicyclic) bond motifs is 1. The number of para-hydroxylation sites is 1. The van der Waals surface area contributed by atoms with Crippen LogP contribution in [0, 0.1) is 12.8 Å². The van der Waals surface area contributed by atoms with Crippen LogP contribution in [0.15, 0.2) is 36.4 Å². The van der Waals surface area contributed by atoms with Gasteiger partial charge in [0, 0.05) is 41.6 Å². The molecule has 1 saturated carbocycles. The zero-order valence-corrected chi connectivity index (χ0v) is 17.0. The lowest BCUT2D eigenvalue weighted by Crippen LogP contribution is -2.48. The van der Waals surface area contributed by atoms with Crippen LogP contribution in [0.1, 0.15) is 41.0 Å². The molecule has 3 nitrogen and oxygen atoms in total. The quantitative estimate of drug-likeness (QED) is 0.813. The molecule has 1 aromatic carbocycles. The first-order valence-electron chi connectivity index (χ1n) is 9.31. The van der Waals surface area contributed by atoms with Gasteiger partial charge in [-0.25, -0.2) is 0 Å². The van der Waals surface area contributed by atoms with E-state index >= 15 is 0 Å². The molecule has 1 N–H and O–H groups in total. The van der Waals surface area contributed by atoms with Crippen molar-refractivity contribution in [2.24, 2.45) is 5.92 Å². The number of rotatable bonds is 3. The average molecular weight is 394 g/mol. The topological polar surface area (TPSA) is 32.7 Å². The Bertz CT molecular complexity index is 724. The summed E-state index contributed by atoms with van der Waals surface area (Å²) in [4.78, 5) is 5.35. The van der Waals surface area contributed by atoms with Gasteiger partial charge in [0.1, 0.15) is 11.4 Å². The summed E-state index contributed by atoms with van der Waals surface area (Å²) in [7, 11) is 0. The Morgan fingerprint density at radius 3 is 2.65 bits per heavy atom. The number of ether oxygens (including phenoxy) is 1. The zero-order chi connectivity index (χ0) is 17.3. The minimum absolute atomic E-state index is 0. The average Bonchev–Trinajstić information content (AvgIpc) is 2.95. The van der Waals surface area contributed by atoms with Crippen LogP contribution >= 0.6 is 23.7 Å². The van der Waals surface area contributed by atoms with Crippen LogP contribution in [-0.2, 0) is 13.1 Å². The maximum absolute atomic E-state index is 9.49. The number of aliphatic hydroxyl groups excluding tert-OH is 1. The Kier molecular flexibility index (Phi) is 6.29. The lowest BCUT2D eigenvalue weighted by molar-refractivity contribution is -0.0152. The van der Waals surface area contributed by atoms with Crippen LogP contribution in [-0.4, -0.2) is 28.8 Å². The third-order valence-corrected chi connectivity index (χ3v) is 6.64. The van der Waals surface area contributed by atoms with E-state index in [1.54, 1.807) is 0 Å². The van der Waals surface area contributed by atoms with Crippen LogP contribution in [0.25, 0.3) is 0 Å². The van der Waals surface area contributed by atoms with Crippen molar-refractivity contribution < 1.29 is 9.84 Å². The number of hydrogen-bond donors (Lipinski definition) is 1. The van der Waals surface area contributed by atoms with Gasteiger partial charge in [-0.2, -0.15) is 0 Å². The Morgan fingerprint density at radius 2 is 1.96 bits per heavy atom. The molecule has 4 rings (SSSR count). The minimum Gasteiger partial charge on any atom is -0.486 e. The van der Waals surface area contributed by atoms with E-state index in [-0.39, 0.29) is 18.0 Å². The van der Waals surface area contributed by atoms with Gasteiger partial charge >= 0.3 is 0 Å². The largest absolute Gasteiger partial charge is 0.486 e. The second-order valence-electron chi connectivity index (χ2n) is 7.68. The van der Waals surface area contributed by atoms with Gasteiger partial charge in [0.05, 0.1) is 0 Å². The van der Waals surface area contributed by atoms with Crippen molar-refractivity contribution in [3.63, 3.8) is 0 Å². The van der Waals surface area contributed by atoms with Gasteiger partial charge in [-0.05, 0) is 56.7 Å². The Balaban J connectivity index is 0.00000196. The minimum atomic E-state index is -0.107. The summed E-state index contributed by atoms with van der Waals surface area (Å²) < 4.78 is 6.63. The summed E-state index contributed by atoms with van der Waals surface area (Å²) in [5, 5.41) is 9.49. The highest BCUT2D eigenvalue weighted by atomic mass is 35.5. The molecule has 0 atom stereocenters. The zero-order valence-electron chi connectivity index (χ0n) is 15.3. The lowest BCUT2D eigenvalue weighted by Gasteiger charge is -2.41. The van der Waals surface area contributed by atoms with Gasteiger partial charge in [-0.15, -0.1) is 23.7 Å². The van der Waals surface area contributed by atoms with E-state index in [1.807, 2.05) is 11.3 Å². The van der Waals surface area contributed by atoms with E-state index < -0.39 is 0 Å². The van der Waals surface area contributed by atoms with E-state index in [0.717, 1.165) is 51.1 Å². The number of hydrogen-bond acceptors (Lipinski definition) is 4. The van der Waals surface area contributed by atoms with E-state index in [1.165, 1.54) is 15.3 Å². The first-order chi connectivity index (χ1) is 12.2. The molecule has 0 radical (unpaired) electrons. The third-order valence-electron chi connectivity index (χ3n) is 5.65. The highest BCUT2D eigenvalue weighted by molar-refractivity contribution is 7.11. The molecule has 0 bridgehead atoms. The number of nitrogens with zero attached hydrogens (tertiary/aromatic N) is 1. The van der Waals surface area contributed by atoms with Crippen molar-refractivity contribution in [2.45, 2.75) is 51.3 Å². The fourth-order valence-corrected chi connectivity index (χ4v) is 5.19. The molecule has 1 aromatic heterocycles. The number of aryl methyl sites for hydroxylation is 1. The molecule has 1 fully saturated rings. The van der Waals surface area contributed by atoms with Crippen molar-refractivity contribution in [3.8, 4) is 5.75 Å². The normalized spacial score (nSPS) is 25.8. The molecule has 0 saturated heterocycles. The molecule has 1 spiro atoms. The fraction of sp³-hybridized carbons (Fsp3) is 0.524. The Morgan fingerprint density at radius 1 is 1.19 bits per heavy atom.